The van der Waals surface area contributed by atoms with Gasteiger partial charge in [0, 0.05) is 13.0 Å². The molecule has 1 aromatic carbocycles. The van der Waals surface area contributed by atoms with Crippen LogP contribution in [-0.4, -0.2) is 5.67 Å². The van der Waals surface area contributed by atoms with Crippen LogP contribution in [0.4, 0.5) is 4.39 Å². The predicted molar refractivity (Wildman–Crippen MR) is 65.0 cm³/mol. The van der Waals surface area contributed by atoms with E-state index in [0.717, 1.165) is 36.8 Å². The van der Waals surface area contributed by atoms with E-state index in [1.54, 1.807) is 0 Å². The maximum Gasteiger partial charge on any atom is 0.115 e. The summed E-state index contributed by atoms with van der Waals surface area (Å²) < 4.78 is 14.5. The van der Waals surface area contributed by atoms with Gasteiger partial charge in [0.1, 0.15) is 5.67 Å². The van der Waals surface area contributed by atoms with E-state index < -0.39 is 5.67 Å². The minimum Gasteiger partial charge on any atom is -0.326 e. The van der Waals surface area contributed by atoms with Crippen LogP contribution in [-0.2, 0) is 13.0 Å². The van der Waals surface area contributed by atoms with Crippen molar-refractivity contribution in [3.05, 3.63) is 35.4 Å². The number of hydrogen-bond acceptors (Lipinski definition) is 1. The summed E-state index contributed by atoms with van der Waals surface area (Å²) in [4.78, 5) is 0. The third-order valence-corrected chi connectivity index (χ3v) is 3.50. The Morgan fingerprint density at radius 2 is 1.81 bits per heavy atom. The maximum absolute atomic E-state index is 14.5. The molecule has 1 aliphatic carbocycles. The molecule has 0 saturated heterocycles. The van der Waals surface area contributed by atoms with Crippen LogP contribution < -0.4 is 5.73 Å². The van der Waals surface area contributed by atoms with Gasteiger partial charge < -0.3 is 5.73 Å². The van der Waals surface area contributed by atoms with Gasteiger partial charge in [-0.2, -0.15) is 0 Å². The van der Waals surface area contributed by atoms with Crippen LogP contribution in [0, 0.1) is 0 Å². The van der Waals surface area contributed by atoms with E-state index in [-0.39, 0.29) is 0 Å². The summed E-state index contributed by atoms with van der Waals surface area (Å²) in [6.07, 6.45) is 5.26. The maximum atomic E-state index is 14.5. The lowest BCUT2D eigenvalue weighted by Gasteiger charge is -2.29. The molecule has 0 radical (unpaired) electrons. The molecule has 1 nitrogen and oxygen atoms in total. The largest absolute Gasteiger partial charge is 0.326 e. The van der Waals surface area contributed by atoms with Gasteiger partial charge in [-0.1, -0.05) is 43.5 Å². The van der Waals surface area contributed by atoms with E-state index in [1.807, 2.05) is 24.3 Å². The normalized spacial score (nSPS) is 19.6. The smallest absolute Gasteiger partial charge is 0.115 e. The number of nitrogens with two attached hydrogens (primary N) is 1. The second-order valence-corrected chi connectivity index (χ2v) is 4.91. The molecule has 2 rings (SSSR count). The first kappa shape index (κ1) is 11.6. The molecule has 0 aromatic heterocycles. The van der Waals surface area contributed by atoms with Crippen LogP contribution in [0.25, 0.3) is 0 Å². The summed E-state index contributed by atoms with van der Waals surface area (Å²) in [5.41, 5.74) is 6.81. The summed E-state index contributed by atoms with van der Waals surface area (Å²) in [5, 5.41) is 0. The van der Waals surface area contributed by atoms with Gasteiger partial charge in [0.25, 0.3) is 0 Å². The lowest BCUT2D eigenvalue weighted by Crippen LogP contribution is -2.28. The zero-order valence-corrected chi connectivity index (χ0v) is 9.71. The van der Waals surface area contributed by atoms with Crippen molar-refractivity contribution in [2.45, 2.75) is 50.7 Å². The molecule has 16 heavy (non-hydrogen) atoms. The summed E-state index contributed by atoms with van der Waals surface area (Å²) in [5.74, 6) is 0. The Balaban J connectivity index is 2.07. The van der Waals surface area contributed by atoms with E-state index in [4.69, 9.17) is 5.73 Å². The van der Waals surface area contributed by atoms with Crippen LogP contribution in [0.2, 0.25) is 0 Å². The van der Waals surface area contributed by atoms with Gasteiger partial charge in [0.2, 0.25) is 0 Å². The third-order valence-electron chi connectivity index (χ3n) is 3.50. The second kappa shape index (κ2) is 4.96. The quantitative estimate of drug-likeness (QED) is 0.832. The molecule has 1 aliphatic rings. The Morgan fingerprint density at radius 1 is 1.12 bits per heavy atom. The fraction of sp³-hybridized carbons (Fsp3) is 0.571. The van der Waals surface area contributed by atoms with Gasteiger partial charge >= 0.3 is 0 Å². The topological polar surface area (TPSA) is 26.0 Å². The monoisotopic (exact) mass is 221 g/mol. The summed E-state index contributed by atoms with van der Waals surface area (Å²) in [7, 11) is 0. The molecule has 88 valence electrons. The third kappa shape index (κ3) is 2.82. The zero-order chi connectivity index (χ0) is 11.4. The molecular formula is C14H20FN. The van der Waals surface area contributed by atoms with Gasteiger partial charge in [0.15, 0.2) is 0 Å². The van der Waals surface area contributed by atoms with E-state index in [1.165, 1.54) is 6.42 Å². The highest BCUT2D eigenvalue weighted by molar-refractivity contribution is 5.24. The first-order valence-corrected chi connectivity index (χ1v) is 6.19. The fourth-order valence-corrected chi connectivity index (χ4v) is 2.59. The van der Waals surface area contributed by atoms with Gasteiger partial charge in [0.05, 0.1) is 0 Å². The lowest BCUT2D eigenvalue weighted by molar-refractivity contribution is 0.107. The lowest BCUT2D eigenvalue weighted by atomic mass is 9.82. The molecule has 1 saturated carbocycles. The predicted octanol–water partition coefficient (Wildman–Crippen LogP) is 3.36. The minimum absolute atomic E-state index is 0.535. The Morgan fingerprint density at radius 3 is 2.50 bits per heavy atom. The van der Waals surface area contributed by atoms with Crippen molar-refractivity contribution in [3.63, 3.8) is 0 Å². The number of halogens is 1. The van der Waals surface area contributed by atoms with Gasteiger partial charge in [-0.15, -0.1) is 0 Å². The average Bonchev–Trinajstić information content (AvgIpc) is 2.29. The first-order chi connectivity index (χ1) is 7.72. The van der Waals surface area contributed by atoms with Crippen LogP contribution in [0.3, 0.4) is 0 Å². The van der Waals surface area contributed by atoms with Crippen LogP contribution in [0.1, 0.15) is 43.2 Å². The molecule has 0 bridgehead atoms. The van der Waals surface area contributed by atoms with Crippen molar-refractivity contribution in [3.8, 4) is 0 Å². The van der Waals surface area contributed by atoms with Crippen molar-refractivity contribution in [1.29, 1.82) is 0 Å². The fourth-order valence-electron chi connectivity index (χ4n) is 2.59. The molecule has 0 unspecified atom stereocenters. The Hall–Kier alpha value is -0.890. The number of alkyl halides is 1. The van der Waals surface area contributed by atoms with E-state index in [2.05, 4.69) is 0 Å². The van der Waals surface area contributed by atoms with E-state index >= 15 is 0 Å². The molecule has 2 heteroatoms. The molecule has 0 aliphatic heterocycles. The Labute approximate surface area is 96.9 Å². The van der Waals surface area contributed by atoms with Crippen molar-refractivity contribution in [1.82, 2.24) is 0 Å². The number of hydrogen-bond donors (Lipinski definition) is 1. The van der Waals surface area contributed by atoms with E-state index in [0.29, 0.717) is 13.0 Å². The molecule has 0 spiro atoms. The summed E-state index contributed by atoms with van der Waals surface area (Å²) >= 11 is 0. The highest BCUT2D eigenvalue weighted by Crippen LogP contribution is 2.34. The molecule has 0 atom stereocenters. The summed E-state index contributed by atoms with van der Waals surface area (Å²) in [6.45, 7) is 0.535. The second-order valence-electron chi connectivity index (χ2n) is 4.91. The van der Waals surface area contributed by atoms with Gasteiger partial charge in [-0.3, -0.25) is 0 Å². The highest BCUT2D eigenvalue weighted by Gasteiger charge is 2.31. The van der Waals surface area contributed by atoms with E-state index in [9.17, 15) is 4.39 Å². The van der Waals surface area contributed by atoms with Gasteiger partial charge in [-0.05, 0) is 24.0 Å². The molecule has 1 fully saturated rings. The molecule has 0 heterocycles. The van der Waals surface area contributed by atoms with Crippen molar-refractivity contribution in [2.75, 3.05) is 0 Å². The Bertz CT molecular complexity index is 342. The van der Waals surface area contributed by atoms with Crippen molar-refractivity contribution < 1.29 is 4.39 Å². The average molecular weight is 221 g/mol. The molecular weight excluding hydrogens is 201 g/mol. The van der Waals surface area contributed by atoms with Crippen LogP contribution >= 0.6 is 0 Å². The van der Waals surface area contributed by atoms with Crippen LogP contribution in [0.5, 0.6) is 0 Å². The highest BCUT2D eigenvalue weighted by atomic mass is 19.1. The van der Waals surface area contributed by atoms with Crippen molar-refractivity contribution >= 4 is 0 Å². The number of benzene rings is 1. The SMILES string of the molecule is NCc1cccc(CC2(F)CCCCC2)c1. The zero-order valence-electron chi connectivity index (χ0n) is 9.71. The minimum atomic E-state index is -0.967. The first-order valence-electron chi connectivity index (χ1n) is 6.19. The van der Waals surface area contributed by atoms with Crippen LogP contribution in [0.15, 0.2) is 24.3 Å². The standard InChI is InChI=1S/C14H20FN/c15-14(7-2-1-3-8-14)10-12-5-4-6-13(9-12)11-16/h4-6,9H,1-3,7-8,10-11,16H2. The molecule has 1 aromatic rings. The summed E-state index contributed by atoms with van der Waals surface area (Å²) in [6, 6.07) is 8.02. The molecule has 0 amide bonds. The Kier molecular flexibility index (Phi) is 3.59. The van der Waals surface area contributed by atoms with Crippen molar-refractivity contribution in [2.24, 2.45) is 5.73 Å². The molecule has 2 N–H and O–H groups in total. The van der Waals surface area contributed by atoms with Gasteiger partial charge in [-0.25, -0.2) is 4.39 Å². The number of rotatable bonds is 3.